The van der Waals surface area contributed by atoms with E-state index in [1.807, 2.05) is 23.2 Å². The zero-order chi connectivity index (χ0) is 12.8. The van der Waals surface area contributed by atoms with Crippen LogP contribution in [0.5, 0.6) is 0 Å². The number of hydrogen-bond donors (Lipinski definition) is 0. The van der Waals surface area contributed by atoms with Gasteiger partial charge in [-0.2, -0.15) is 0 Å². The lowest BCUT2D eigenvalue weighted by Crippen LogP contribution is -2.11. The highest BCUT2D eigenvalue weighted by molar-refractivity contribution is 7.04. The molecule has 0 saturated heterocycles. The van der Waals surface area contributed by atoms with Crippen molar-refractivity contribution in [2.24, 2.45) is 0 Å². The van der Waals surface area contributed by atoms with Crippen LogP contribution >= 0.6 is 23.1 Å². The van der Waals surface area contributed by atoms with Gasteiger partial charge in [0.15, 0.2) is 0 Å². The standard InChI is InChI=1S/C9H15NOS.C2H6.CH3Cl/c1-2-3-4-5-7-10-9(11)6-8-12-10;2*1-2/h6,8H,2-5,7H2,1H3;1-2H3;1H3. The molecule has 1 aromatic heterocycles. The summed E-state index contributed by atoms with van der Waals surface area (Å²) in [5.74, 6) is 0. The molecule has 0 aliphatic heterocycles. The molecule has 0 aliphatic carbocycles. The molecule has 96 valence electrons. The lowest BCUT2D eigenvalue weighted by molar-refractivity contribution is 0.599. The van der Waals surface area contributed by atoms with Crippen LogP contribution in [0.15, 0.2) is 16.2 Å². The minimum absolute atomic E-state index is 0.150. The fraction of sp³-hybridized carbons (Fsp3) is 0.750. The van der Waals surface area contributed by atoms with Crippen LogP contribution in [0.1, 0.15) is 46.5 Å². The van der Waals surface area contributed by atoms with Gasteiger partial charge in [0.25, 0.3) is 5.56 Å². The zero-order valence-electron chi connectivity index (χ0n) is 10.8. The van der Waals surface area contributed by atoms with E-state index in [9.17, 15) is 4.79 Å². The molecule has 0 spiro atoms. The maximum Gasteiger partial charge on any atom is 0.260 e. The van der Waals surface area contributed by atoms with E-state index < -0.39 is 0 Å². The maximum atomic E-state index is 11.1. The molecule has 2 nitrogen and oxygen atoms in total. The van der Waals surface area contributed by atoms with Gasteiger partial charge in [-0.3, -0.25) is 8.75 Å². The maximum absolute atomic E-state index is 11.1. The molecule has 0 fully saturated rings. The van der Waals surface area contributed by atoms with Gasteiger partial charge in [0, 0.05) is 24.4 Å². The highest BCUT2D eigenvalue weighted by atomic mass is 35.5. The molecule has 0 unspecified atom stereocenters. The third kappa shape index (κ3) is 8.98. The van der Waals surface area contributed by atoms with Crippen LogP contribution in [0.25, 0.3) is 0 Å². The number of aromatic nitrogens is 1. The van der Waals surface area contributed by atoms with Crippen molar-refractivity contribution in [3.63, 3.8) is 0 Å². The van der Waals surface area contributed by atoms with Gasteiger partial charge in [-0.25, -0.2) is 0 Å². The molecule has 0 N–H and O–H groups in total. The average Bonchev–Trinajstić information content (AvgIpc) is 2.76. The highest BCUT2D eigenvalue weighted by Gasteiger charge is 1.95. The lowest BCUT2D eigenvalue weighted by Gasteiger charge is -1.98. The summed E-state index contributed by atoms with van der Waals surface area (Å²) < 4.78 is 1.82. The molecule has 1 aromatic rings. The Kier molecular flexibility index (Phi) is 16.6. The van der Waals surface area contributed by atoms with Gasteiger partial charge in [0.05, 0.1) is 0 Å². The first-order chi connectivity index (χ1) is 7.84. The van der Waals surface area contributed by atoms with Crippen molar-refractivity contribution in [3.8, 4) is 0 Å². The van der Waals surface area contributed by atoms with E-state index in [0.717, 1.165) is 13.0 Å². The Morgan fingerprint density at radius 2 is 1.88 bits per heavy atom. The van der Waals surface area contributed by atoms with Gasteiger partial charge in [-0.05, 0) is 6.42 Å². The zero-order valence-corrected chi connectivity index (χ0v) is 12.4. The highest BCUT2D eigenvalue weighted by Crippen LogP contribution is 2.02. The molecule has 0 amide bonds. The molecular weight excluding hydrogens is 242 g/mol. The summed E-state index contributed by atoms with van der Waals surface area (Å²) in [4.78, 5) is 11.1. The molecule has 4 heteroatoms. The summed E-state index contributed by atoms with van der Waals surface area (Å²) in [7, 11) is 0. The Balaban J connectivity index is 0. The van der Waals surface area contributed by atoms with Gasteiger partial charge >= 0.3 is 0 Å². The fourth-order valence-electron chi connectivity index (χ4n) is 1.14. The summed E-state index contributed by atoms with van der Waals surface area (Å²) in [6.45, 7) is 7.09. The second kappa shape index (κ2) is 14.7. The van der Waals surface area contributed by atoms with Crippen LogP contribution < -0.4 is 5.56 Å². The average molecular weight is 266 g/mol. The quantitative estimate of drug-likeness (QED) is 0.572. The normalized spacial score (nSPS) is 8.56. The molecule has 1 rings (SSSR count). The molecule has 1 heterocycles. The summed E-state index contributed by atoms with van der Waals surface area (Å²) in [5, 5.41) is 1.85. The molecule has 0 atom stereocenters. The van der Waals surface area contributed by atoms with E-state index in [4.69, 9.17) is 0 Å². The number of alkyl halides is 1. The number of hydrogen-bond acceptors (Lipinski definition) is 2. The first-order valence-electron chi connectivity index (χ1n) is 5.87. The topological polar surface area (TPSA) is 22.0 Å². The molecule has 0 aliphatic rings. The number of aryl methyl sites for hydroxylation is 1. The third-order valence-electron chi connectivity index (χ3n) is 1.86. The summed E-state index contributed by atoms with van der Waals surface area (Å²) >= 11 is 6.15. The van der Waals surface area contributed by atoms with Crippen molar-refractivity contribution < 1.29 is 0 Å². The smallest absolute Gasteiger partial charge is 0.260 e. The number of unbranched alkanes of at least 4 members (excludes halogenated alkanes) is 3. The fourth-order valence-corrected chi connectivity index (χ4v) is 1.87. The van der Waals surface area contributed by atoms with Crippen molar-refractivity contribution in [1.82, 2.24) is 3.96 Å². The van der Waals surface area contributed by atoms with Crippen LogP contribution in [0.3, 0.4) is 0 Å². The third-order valence-corrected chi connectivity index (χ3v) is 2.73. The molecule has 0 aromatic carbocycles. The molecule has 0 radical (unpaired) electrons. The lowest BCUT2D eigenvalue weighted by atomic mass is 10.2. The summed E-state index contributed by atoms with van der Waals surface area (Å²) in [6, 6.07) is 1.63. The molecule has 16 heavy (non-hydrogen) atoms. The Morgan fingerprint density at radius 1 is 1.25 bits per heavy atom. The first-order valence-corrected chi connectivity index (χ1v) is 7.46. The van der Waals surface area contributed by atoms with Gasteiger partial charge < -0.3 is 0 Å². The Bertz CT molecular complexity index is 270. The van der Waals surface area contributed by atoms with Crippen molar-refractivity contribution >= 4 is 23.1 Å². The Hall–Kier alpha value is -0.280. The van der Waals surface area contributed by atoms with Crippen LogP contribution in [-0.2, 0) is 6.54 Å². The predicted octanol–water partition coefficient (Wildman–Crippen LogP) is 4.37. The van der Waals surface area contributed by atoms with Crippen LogP contribution in [0, 0.1) is 0 Å². The molecular formula is C12H24ClNOS. The minimum atomic E-state index is 0.150. The largest absolute Gasteiger partial charge is 0.268 e. The van der Waals surface area contributed by atoms with E-state index in [-0.39, 0.29) is 5.56 Å². The van der Waals surface area contributed by atoms with Crippen molar-refractivity contribution in [3.05, 3.63) is 21.8 Å². The minimum Gasteiger partial charge on any atom is -0.268 e. The first kappa shape index (κ1) is 18.1. The van der Waals surface area contributed by atoms with Crippen molar-refractivity contribution in [1.29, 1.82) is 0 Å². The van der Waals surface area contributed by atoms with Gasteiger partial charge in [0.1, 0.15) is 0 Å². The van der Waals surface area contributed by atoms with E-state index >= 15 is 0 Å². The number of halogens is 1. The Morgan fingerprint density at radius 3 is 2.31 bits per heavy atom. The predicted molar refractivity (Wildman–Crippen MR) is 75.8 cm³/mol. The van der Waals surface area contributed by atoms with Crippen LogP contribution in [0.2, 0.25) is 0 Å². The monoisotopic (exact) mass is 265 g/mol. The van der Waals surface area contributed by atoms with E-state index in [1.165, 1.54) is 37.2 Å². The number of nitrogens with zero attached hydrogens (tertiary/aromatic N) is 1. The van der Waals surface area contributed by atoms with Crippen LogP contribution in [0.4, 0.5) is 0 Å². The van der Waals surface area contributed by atoms with Gasteiger partial charge in [0.2, 0.25) is 0 Å². The van der Waals surface area contributed by atoms with E-state index in [1.54, 1.807) is 6.07 Å². The Labute approximate surface area is 108 Å². The van der Waals surface area contributed by atoms with Crippen molar-refractivity contribution in [2.75, 3.05) is 6.38 Å². The second-order valence-corrected chi connectivity index (χ2v) is 3.83. The number of rotatable bonds is 5. The van der Waals surface area contributed by atoms with Crippen LogP contribution in [-0.4, -0.2) is 10.3 Å². The van der Waals surface area contributed by atoms with Gasteiger partial charge in [-0.1, -0.05) is 51.6 Å². The summed E-state index contributed by atoms with van der Waals surface area (Å²) in [6.07, 6.45) is 6.37. The van der Waals surface area contributed by atoms with Crippen molar-refractivity contribution in [2.45, 2.75) is 53.0 Å². The molecule has 0 saturated carbocycles. The molecule has 0 bridgehead atoms. The van der Waals surface area contributed by atoms with E-state index in [0.29, 0.717) is 0 Å². The van der Waals surface area contributed by atoms with Gasteiger partial charge in [-0.15, -0.1) is 11.6 Å². The SMILES string of the molecule is CC.CCCCCCn1sccc1=O.CCl. The van der Waals surface area contributed by atoms with E-state index in [2.05, 4.69) is 18.5 Å². The summed E-state index contributed by atoms with van der Waals surface area (Å²) in [5.41, 5.74) is 0.150. The second-order valence-electron chi connectivity index (χ2n) is 2.91.